The molecule has 2 saturated heterocycles. The van der Waals surface area contributed by atoms with Gasteiger partial charge in [-0.1, -0.05) is 0 Å². The lowest BCUT2D eigenvalue weighted by molar-refractivity contribution is 0.101. The maximum atomic E-state index is 9.92. The molecule has 3 nitrogen and oxygen atoms in total. The summed E-state index contributed by atoms with van der Waals surface area (Å²) in [7, 11) is 0. The van der Waals surface area contributed by atoms with Gasteiger partial charge in [-0.05, 0) is 38.8 Å². The highest BCUT2D eigenvalue weighted by atomic mass is 16.3. The van der Waals surface area contributed by atoms with Crippen LogP contribution in [0.5, 0.6) is 0 Å². The lowest BCUT2D eigenvalue weighted by Gasteiger charge is -2.24. The molecule has 2 unspecified atom stereocenters. The summed E-state index contributed by atoms with van der Waals surface area (Å²) in [4.78, 5) is 0. The molecule has 0 aromatic rings. The molecule has 0 amide bonds. The Kier molecular flexibility index (Phi) is 2.63. The molecular formula is C9H18N2O. The second-order valence-electron chi connectivity index (χ2n) is 3.90. The van der Waals surface area contributed by atoms with Crippen LogP contribution in [-0.2, 0) is 0 Å². The average molecular weight is 170 g/mol. The van der Waals surface area contributed by atoms with Crippen molar-refractivity contribution >= 4 is 0 Å². The molecule has 2 atom stereocenters. The first-order valence-electron chi connectivity index (χ1n) is 5.03. The second-order valence-corrected chi connectivity index (χ2v) is 3.90. The van der Waals surface area contributed by atoms with E-state index in [2.05, 4.69) is 10.6 Å². The van der Waals surface area contributed by atoms with Crippen molar-refractivity contribution < 1.29 is 5.11 Å². The monoisotopic (exact) mass is 170 g/mol. The van der Waals surface area contributed by atoms with Gasteiger partial charge in [-0.2, -0.15) is 0 Å². The molecule has 2 fully saturated rings. The number of aliphatic hydroxyl groups is 1. The molecule has 0 aromatic heterocycles. The summed E-state index contributed by atoms with van der Waals surface area (Å²) < 4.78 is 0. The van der Waals surface area contributed by atoms with Crippen molar-refractivity contribution in [3.05, 3.63) is 0 Å². The molecule has 2 aliphatic heterocycles. The van der Waals surface area contributed by atoms with E-state index in [9.17, 15) is 5.11 Å². The van der Waals surface area contributed by atoms with Crippen molar-refractivity contribution in [2.24, 2.45) is 0 Å². The van der Waals surface area contributed by atoms with E-state index < -0.39 is 0 Å². The Hall–Kier alpha value is -0.120. The van der Waals surface area contributed by atoms with Crippen LogP contribution in [0.3, 0.4) is 0 Å². The predicted molar refractivity (Wildman–Crippen MR) is 48.1 cm³/mol. The number of hydrogen-bond donors (Lipinski definition) is 3. The molecule has 2 aliphatic rings. The molecule has 12 heavy (non-hydrogen) atoms. The zero-order valence-electron chi connectivity index (χ0n) is 7.42. The maximum Gasteiger partial charge on any atom is 0.0845 e. The van der Waals surface area contributed by atoms with Crippen molar-refractivity contribution in [3.63, 3.8) is 0 Å². The van der Waals surface area contributed by atoms with Crippen LogP contribution in [0.25, 0.3) is 0 Å². The van der Waals surface area contributed by atoms with Gasteiger partial charge in [-0.25, -0.2) is 0 Å². The first kappa shape index (κ1) is 8.48. The summed E-state index contributed by atoms with van der Waals surface area (Å²) in [5.41, 5.74) is 0. The number of hydrogen-bond acceptors (Lipinski definition) is 3. The van der Waals surface area contributed by atoms with E-state index in [1.807, 2.05) is 0 Å². The molecule has 3 heteroatoms. The van der Waals surface area contributed by atoms with E-state index >= 15 is 0 Å². The Bertz CT molecular complexity index is 123. The van der Waals surface area contributed by atoms with Crippen LogP contribution in [0.15, 0.2) is 0 Å². The minimum atomic E-state index is -0.171. The van der Waals surface area contributed by atoms with Crippen molar-refractivity contribution in [2.75, 3.05) is 13.1 Å². The van der Waals surface area contributed by atoms with E-state index in [1.54, 1.807) is 0 Å². The maximum absolute atomic E-state index is 9.92. The summed E-state index contributed by atoms with van der Waals surface area (Å²) in [6.07, 6.45) is 4.54. The average Bonchev–Trinajstić information content (AvgIpc) is 2.77. The summed E-state index contributed by atoms with van der Waals surface area (Å²) in [5.74, 6) is 0. The van der Waals surface area contributed by atoms with E-state index in [-0.39, 0.29) is 6.10 Å². The quantitative estimate of drug-likeness (QED) is 0.540. The smallest absolute Gasteiger partial charge is 0.0845 e. The minimum Gasteiger partial charge on any atom is -0.390 e. The number of rotatable bonds is 2. The molecule has 70 valence electrons. The van der Waals surface area contributed by atoms with Crippen LogP contribution in [0.1, 0.15) is 25.7 Å². The van der Waals surface area contributed by atoms with Gasteiger partial charge < -0.3 is 15.7 Å². The summed E-state index contributed by atoms with van der Waals surface area (Å²) in [6, 6.07) is 0.696. The molecule has 0 bridgehead atoms. The topological polar surface area (TPSA) is 44.3 Å². The molecule has 0 radical (unpaired) electrons. The third kappa shape index (κ3) is 1.63. The molecular weight excluding hydrogens is 152 g/mol. The van der Waals surface area contributed by atoms with Gasteiger partial charge in [-0.3, -0.25) is 0 Å². The molecule has 0 aromatic carbocycles. The van der Waals surface area contributed by atoms with Crippen LogP contribution in [-0.4, -0.2) is 36.4 Å². The first-order chi connectivity index (χ1) is 5.88. The highest BCUT2D eigenvalue weighted by Crippen LogP contribution is 2.17. The van der Waals surface area contributed by atoms with Crippen molar-refractivity contribution in [3.8, 4) is 0 Å². The zero-order chi connectivity index (χ0) is 8.39. The zero-order valence-corrected chi connectivity index (χ0v) is 7.42. The largest absolute Gasteiger partial charge is 0.390 e. The van der Waals surface area contributed by atoms with Crippen molar-refractivity contribution in [1.82, 2.24) is 10.6 Å². The third-order valence-corrected chi connectivity index (χ3v) is 3.02. The van der Waals surface area contributed by atoms with Crippen LogP contribution in [0.2, 0.25) is 0 Å². The molecule has 3 N–H and O–H groups in total. The summed E-state index contributed by atoms with van der Waals surface area (Å²) in [6.45, 7) is 2.16. The lowest BCUT2D eigenvalue weighted by Crippen LogP contribution is -2.46. The van der Waals surface area contributed by atoms with Gasteiger partial charge in [0.05, 0.1) is 6.10 Å². The van der Waals surface area contributed by atoms with Crippen LogP contribution < -0.4 is 10.6 Å². The molecule has 0 aliphatic carbocycles. The van der Waals surface area contributed by atoms with Gasteiger partial charge in [0, 0.05) is 12.1 Å². The Labute approximate surface area is 73.5 Å². The standard InChI is InChI=1S/C9H18N2O/c12-9(7-3-1-5-10-7)8-4-2-6-11-8/h7-12H,1-6H2. The van der Waals surface area contributed by atoms with Crippen LogP contribution in [0.4, 0.5) is 0 Å². The first-order valence-corrected chi connectivity index (χ1v) is 5.03. The summed E-state index contributed by atoms with van der Waals surface area (Å²) in [5, 5.41) is 16.6. The number of nitrogens with one attached hydrogen (secondary N) is 2. The fourth-order valence-corrected chi connectivity index (χ4v) is 2.29. The molecule has 2 heterocycles. The number of aliphatic hydroxyl groups excluding tert-OH is 1. The highest BCUT2D eigenvalue weighted by molar-refractivity contribution is 4.91. The summed E-state index contributed by atoms with van der Waals surface area (Å²) >= 11 is 0. The van der Waals surface area contributed by atoms with Gasteiger partial charge in [0.15, 0.2) is 0 Å². The Morgan fingerprint density at radius 3 is 1.83 bits per heavy atom. The minimum absolute atomic E-state index is 0.171. The van der Waals surface area contributed by atoms with E-state index in [0.717, 1.165) is 25.9 Å². The SMILES string of the molecule is OC(C1CCCN1)C1CCCN1. The lowest BCUT2D eigenvalue weighted by atomic mass is 10.0. The van der Waals surface area contributed by atoms with Gasteiger partial charge in [-0.15, -0.1) is 0 Å². The molecule has 0 spiro atoms. The van der Waals surface area contributed by atoms with Gasteiger partial charge in [0.2, 0.25) is 0 Å². The Morgan fingerprint density at radius 2 is 1.50 bits per heavy atom. The normalized spacial score (nSPS) is 38.8. The van der Waals surface area contributed by atoms with Gasteiger partial charge in [0.25, 0.3) is 0 Å². The predicted octanol–water partition coefficient (Wildman–Crippen LogP) is -0.149. The third-order valence-electron chi connectivity index (χ3n) is 3.02. The van der Waals surface area contributed by atoms with E-state index in [1.165, 1.54) is 12.8 Å². The molecule has 2 rings (SSSR count). The van der Waals surface area contributed by atoms with E-state index in [4.69, 9.17) is 0 Å². The Balaban J connectivity index is 1.84. The van der Waals surface area contributed by atoms with E-state index in [0.29, 0.717) is 12.1 Å². The van der Waals surface area contributed by atoms with Gasteiger partial charge >= 0.3 is 0 Å². The Morgan fingerprint density at radius 1 is 1.00 bits per heavy atom. The fourth-order valence-electron chi connectivity index (χ4n) is 2.29. The van der Waals surface area contributed by atoms with Crippen LogP contribution in [0, 0.1) is 0 Å². The van der Waals surface area contributed by atoms with Crippen molar-refractivity contribution in [1.29, 1.82) is 0 Å². The fraction of sp³-hybridized carbons (Fsp3) is 1.00. The van der Waals surface area contributed by atoms with Crippen LogP contribution >= 0.6 is 0 Å². The molecule has 0 saturated carbocycles. The second kappa shape index (κ2) is 3.73. The highest BCUT2D eigenvalue weighted by Gasteiger charge is 2.30. The van der Waals surface area contributed by atoms with Gasteiger partial charge in [0.1, 0.15) is 0 Å². The van der Waals surface area contributed by atoms with Crippen molar-refractivity contribution in [2.45, 2.75) is 43.9 Å².